The van der Waals surface area contributed by atoms with Crippen LogP contribution in [0.4, 0.5) is 34.1 Å². The lowest BCUT2D eigenvalue weighted by Crippen LogP contribution is -2.12. The van der Waals surface area contributed by atoms with Crippen LogP contribution in [0.1, 0.15) is 11.1 Å². The smallest absolute Gasteiger partial charge is 0.101 e. The molecule has 0 amide bonds. The van der Waals surface area contributed by atoms with E-state index < -0.39 is 0 Å². The Kier molecular flexibility index (Phi) is 9.30. The minimum absolute atomic E-state index is 0.342. The van der Waals surface area contributed by atoms with E-state index in [1.54, 1.807) is 0 Å². The topological polar surface area (TPSA) is 54.1 Å². The quantitative estimate of drug-likeness (QED) is 0.156. The molecule has 14 aromatic carbocycles. The van der Waals surface area contributed by atoms with Crippen molar-refractivity contribution in [1.82, 2.24) is 0 Å². The summed E-state index contributed by atoms with van der Waals surface area (Å²) in [5.74, 6) is 0. The first-order valence-electron chi connectivity index (χ1n) is 24.3. The fourth-order valence-electron chi connectivity index (χ4n) is 11.7. The molecule has 0 spiro atoms. The highest BCUT2D eigenvalue weighted by atomic mass is 15.2. The van der Waals surface area contributed by atoms with E-state index in [1.807, 2.05) is 12.1 Å². The van der Waals surface area contributed by atoms with Gasteiger partial charge >= 0.3 is 0 Å². The van der Waals surface area contributed by atoms with Gasteiger partial charge in [0.1, 0.15) is 12.1 Å². The van der Waals surface area contributed by atoms with Crippen LogP contribution in [-0.4, -0.2) is 0 Å². The average molecular weight is 913 g/mol. The van der Waals surface area contributed by atoms with E-state index >= 15 is 0 Å². The van der Waals surface area contributed by atoms with Crippen molar-refractivity contribution in [2.45, 2.75) is 0 Å². The highest BCUT2D eigenvalue weighted by molar-refractivity contribution is 6.39. The van der Waals surface area contributed by atoms with Crippen LogP contribution < -0.4 is 9.80 Å². The number of nitriles is 2. The molecule has 0 aliphatic heterocycles. The lowest BCUT2D eigenvalue weighted by atomic mass is 9.85. The van der Waals surface area contributed by atoms with E-state index in [9.17, 15) is 10.5 Å². The molecule has 72 heavy (non-hydrogen) atoms. The fourth-order valence-corrected chi connectivity index (χ4v) is 11.7. The van der Waals surface area contributed by atoms with Crippen LogP contribution in [0.3, 0.4) is 0 Å². The number of fused-ring (bicyclic) bond motifs is 14. The maximum Gasteiger partial charge on any atom is 0.101 e. The summed E-state index contributed by atoms with van der Waals surface area (Å²) < 4.78 is 0. The van der Waals surface area contributed by atoms with Gasteiger partial charge in [-0.2, -0.15) is 10.5 Å². The monoisotopic (exact) mass is 912 g/mol. The molecule has 0 saturated carbocycles. The number of anilines is 6. The molecular weight excluding hydrogens is 873 g/mol. The summed E-state index contributed by atoms with van der Waals surface area (Å²) in [6.07, 6.45) is 0. The third-order valence-electron chi connectivity index (χ3n) is 14.8. The molecule has 4 nitrogen and oxygen atoms in total. The van der Waals surface area contributed by atoms with E-state index in [1.165, 1.54) is 0 Å². The van der Waals surface area contributed by atoms with Crippen LogP contribution in [0.15, 0.2) is 243 Å². The normalized spacial score (nSPS) is 11.6. The zero-order valence-electron chi connectivity index (χ0n) is 38.9. The molecule has 0 heterocycles. The number of hydrogen-bond donors (Lipinski definition) is 0. The van der Waals surface area contributed by atoms with E-state index in [0.29, 0.717) is 11.1 Å². The summed E-state index contributed by atoms with van der Waals surface area (Å²) >= 11 is 0. The van der Waals surface area contributed by atoms with Gasteiger partial charge in [-0.3, -0.25) is 0 Å². The molecule has 0 unspecified atom stereocenters. The Morgan fingerprint density at radius 2 is 0.486 bits per heavy atom. The van der Waals surface area contributed by atoms with Crippen molar-refractivity contribution in [2.24, 2.45) is 0 Å². The molecule has 0 aliphatic carbocycles. The fraction of sp³-hybridized carbons (Fsp3) is 0. The zero-order valence-corrected chi connectivity index (χ0v) is 38.9. The maximum atomic E-state index is 10.8. The van der Waals surface area contributed by atoms with Gasteiger partial charge in [0.15, 0.2) is 0 Å². The Labute approximate surface area is 415 Å². The van der Waals surface area contributed by atoms with Crippen LogP contribution in [0.25, 0.3) is 97.0 Å². The Morgan fingerprint density at radius 3 is 0.792 bits per heavy atom. The van der Waals surface area contributed by atoms with Gasteiger partial charge in [0.2, 0.25) is 0 Å². The highest BCUT2D eigenvalue weighted by Crippen LogP contribution is 2.53. The Bertz CT molecular complexity index is 4210. The SMILES string of the molecule is N#Cc1cc2c(cc1C#N)c1cc(N(c3cccc4ccccc34)c3cccc4ccccc34)c3ccccc3c1c1c3ccccc3c(N(c3cccc4ccccc34)c3cccc4ccccc34)cc21. The second-order valence-corrected chi connectivity index (χ2v) is 18.6. The number of nitrogens with zero attached hydrogens (tertiary/aromatic N) is 4. The predicted molar refractivity (Wildman–Crippen MR) is 303 cm³/mol. The van der Waals surface area contributed by atoms with Crippen LogP contribution in [0, 0.1) is 22.7 Å². The molecule has 14 aromatic rings. The van der Waals surface area contributed by atoms with Crippen molar-refractivity contribution in [1.29, 1.82) is 10.5 Å². The van der Waals surface area contributed by atoms with Crippen molar-refractivity contribution in [3.05, 3.63) is 254 Å². The molecule has 0 atom stereocenters. The predicted octanol–water partition coefficient (Wildman–Crippen LogP) is 18.7. The van der Waals surface area contributed by atoms with Gasteiger partial charge in [0.05, 0.1) is 45.3 Å². The molecule has 0 N–H and O–H groups in total. The minimum atomic E-state index is 0.342. The second-order valence-electron chi connectivity index (χ2n) is 18.6. The number of hydrogen-bond acceptors (Lipinski definition) is 4. The Hall–Kier alpha value is -10.0. The standard InChI is InChI=1S/C68H40N4/c69-41-47-37-57-58(38-48(47)42-70)60-40-66(72(63-35-15-23-45-19-3-7-27-51(45)63)64-36-16-24-46-20-4-8-28-52(46)64)54-30-10-12-32-56(54)68(60)67-55-31-11-9-29-53(55)65(39-59(57)67)71(61-33-13-21-43-17-1-5-25-49(43)61)62-34-14-22-44-18-2-6-26-50(44)62/h1-40H. The van der Waals surface area contributed by atoms with Gasteiger partial charge in [-0.05, 0) is 113 Å². The lowest BCUT2D eigenvalue weighted by molar-refractivity contribution is 1.33. The molecule has 0 aromatic heterocycles. The summed E-state index contributed by atoms with van der Waals surface area (Å²) in [6, 6.07) is 91.6. The molecule has 0 bridgehead atoms. The van der Waals surface area contributed by atoms with Crippen molar-refractivity contribution in [2.75, 3.05) is 9.80 Å². The number of rotatable bonds is 6. The summed E-state index contributed by atoms with van der Waals surface area (Å²) in [6.45, 7) is 0. The van der Waals surface area contributed by atoms with Gasteiger partial charge in [-0.15, -0.1) is 0 Å². The van der Waals surface area contributed by atoms with Gasteiger partial charge in [0, 0.05) is 32.3 Å². The van der Waals surface area contributed by atoms with Crippen LogP contribution in [-0.2, 0) is 0 Å². The van der Waals surface area contributed by atoms with E-state index in [-0.39, 0.29) is 0 Å². The minimum Gasteiger partial charge on any atom is -0.309 e. The molecule has 0 aliphatic rings. The van der Waals surface area contributed by atoms with Crippen LogP contribution in [0.5, 0.6) is 0 Å². The van der Waals surface area contributed by atoms with E-state index in [2.05, 4.69) is 252 Å². The summed E-state index contributed by atoms with van der Waals surface area (Å²) in [5, 5.41) is 41.0. The number of benzene rings is 14. The van der Waals surface area contributed by atoms with Crippen LogP contribution in [0.2, 0.25) is 0 Å². The first kappa shape index (κ1) is 41.0. The summed E-state index contributed by atoms with van der Waals surface area (Å²) in [4.78, 5) is 4.87. The van der Waals surface area contributed by atoms with E-state index in [0.717, 1.165) is 131 Å². The molecule has 14 rings (SSSR count). The van der Waals surface area contributed by atoms with Crippen molar-refractivity contribution in [3.63, 3.8) is 0 Å². The molecule has 4 heteroatoms. The highest BCUT2D eigenvalue weighted by Gasteiger charge is 2.27. The first-order valence-corrected chi connectivity index (χ1v) is 24.3. The zero-order chi connectivity index (χ0) is 47.9. The molecule has 332 valence electrons. The van der Waals surface area contributed by atoms with Crippen molar-refractivity contribution >= 4 is 131 Å². The van der Waals surface area contributed by atoms with Crippen molar-refractivity contribution < 1.29 is 0 Å². The third kappa shape index (κ3) is 6.17. The maximum absolute atomic E-state index is 10.8. The summed E-state index contributed by atoms with van der Waals surface area (Å²) in [5.41, 5.74) is 6.92. The van der Waals surface area contributed by atoms with Gasteiger partial charge in [0.25, 0.3) is 0 Å². The largest absolute Gasteiger partial charge is 0.309 e. The molecule has 0 radical (unpaired) electrons. The third-order valence-corrected chi connectivity index (χ3v) is 14.8. The Morgan fingerprint density at radius 1 is 0.222 bits per heavy atom. The summed E-state index contributed by atoms with van der Waals surface area (Å²) in [7, 11) is 0. The van der Waals surface area contributed by atoms with Crippen LogP contribution >= 0.6 is 0 Å². The van der Waals surface area contributed by atoms with Crippen molar-refractivity contribution in [3.8, 4) is 12.1 Å². The van der Waals surface area contributed by atoms with Gasteiger partial charge < -0.3 is 9.80 Å². The average Bonchev–Trinajstić information content (AvgIpc) is 3.45. The molecule has 0 fully saturated rings. The Balaban J connectivity index is 1.18. The van der Waals surface area contributed by atoms with E-state index in [4.69, 9.17) is 0 Å². The molecule has 0 saturated heterocycles. The lowest BCUT2D eigenvalue weighted by Gasteiger charge is -2.31. The second kappa shape index (κ2) is 16.3. The molecular formula is C68H40N4. The van der Waals surface area contributed by atoms with Gasteiger partial charge in [-0.25, -0.2) is 0 Å². The van der Waals surface area contributed by atoms with Gasteiger partial charge in [-0.1, -0.05) is 194 Å². The first-order chi connectivity index (χ1) is 35.7.